The van der Waals surface area contributed by atoms with Crippen molar-refractivity contribution in [3.05, 3.63) is 37.0 Å². The van der Waals surface area contributed by atoms with Gasteiger partial charge in [-0.25, -0.2) is 9.59 Å². The van der Waals surface area contributed by atoms with Crippen LogP contribution >= 0.6 is 0 Å². The zero-order valence-electron chi connectivity index (χ0n) is 9.09. The van der Waals surface area contributed by atoms with Crippen molar-refractivity contribution in [2.24, 2.45) is 0 Å². The Hall–Kier alpha value is -1.84. The molecule has 0 aromatic carbocycles. The minimum absolute atomic E-state index is 0.164. The zero-order chi connectivity index (χ0) is 12.2. The van der Waals surface area contributed by atoms with E-state index in [1.807, 2.05) is 12.2 Å². The average Bonchev–Trinajstić information content (AvgIpc) is 2.25. The number of aliphatic carboxylic acids is 1. The predicted octanol–water partition coefficient (Wildman–Crippen LogP) is 2.08. The molecule has 4 heteroatoms. The van der Waals surface area contributed by atoms with Gasteiger partial charge in [-0.1, -0.05) is 18.2 Å². The first kappa shape index (κ1) is 14.2. The van der Waals surface area contributed by atoms with Crippen LogP contribution in [0.15, 0.2) is 37.0 Å². The molecule has 0 aliphatic heterocycles. The fourth-order valence-electron chi connectivity index (χ4n) is 0.884. The summed E-state index contributed by atoms with van der Waals surface area (Å²) in [6.07, 6.45) is 10.0. The first-order chi connectivity index (χ1) is 7.66. The van der Waals surface area contributed by atoms with Crippen molar-refractivity contribution in [1.29, 1.82) is 0 Å². The largest absolute Gasteiger partial charge is 0.478 e. The van der Waals surface area contributed by atoms with E-state index in [0.717, 1.165) is 31.4 Å². The molecular weight excluding hydrogens is 208 g/mol. The number of carbonyl (C=O) groups excluding carboxylic acids is 1. The van der Waals surface area contributed by atoms with Gasteiger partial charge < -0.3 is 9.84 Å². The molecule has 16 heavy (non-hydrogen) atoms. The highest BCUT2D eigenvalue weighted by atomic mass is 16.5. The first-order valence-electron chi connectivity index (χ1n) is 5.00. The Kier molecular flexibility index (Phi) is 8.59. The molecule has 0 radical (unpaired) electrons. The number of hydrogen-bond donors (Lipinski definition) is 1. The van der Waals surface area contributed by atoms with Crippen molar-refractivity contribution in [3.63, 3.8) is 0 Å². The van der Waals surface area contributed by atoms with Crippen molar-refractivity contribution < 1.29 is 19.4 Å². The van der Waals surface area contributed by atoms with Gasteiger partial charge in [0.1, 0.15) is 6.61 Å². The number of carbonyl (C=O) groups is 2. The molecule has 0 bridgehead atoms. The molecule has 4 nitrogen and oxygen atoms in total. The number of carboxylic acid groups (broad SMARTS) is 1. The highest BCUT2D eigenvalue weighted by molar-refractivity contribution is 5.90. The molecule has 0 spiro atoms. The van der Waals surface area contributed by atoms with E-state index in [0.29, 0.717) is 0 Å². The molecule has 0 saturated carbocycles. The van der Waals surface area contributed by atoms with Crippen molar-refractivity contribution in [3.8, 4) is 0 Å². The van der Waals surface area contributed by atoms with Crippen molar-refractivity contribution >= 4 is 11.9 Å². The smallest absolute Gasteiger partial charge is 0.331 e. The minimum atomic E-state index is -1.17. The number of hydrogen-bond acceptors (Lipinski definition) is 3. The summed E-state index contributed by atoms with van der Waals surface area (Å²) in [5.74, 6) is -1.82. The number of rotatable bonds is 8. The lowest BCUT2D eigenvalue weighted by Crippen LogP contribution is -2.01. The molecule has 0 rings (SSSR count). The number of ether oxygens (including phenoxy) is 1. The Morgan fingerprint density at radius 1 is 1.19 bits per heavy atom. The molecule has 88 valence electrons. The predicted molar refractivity (Wildman–Crippen MR) is 60.9 cm³/mol. The minimum Gasteiger partial charge on any atom is -0.478 e. The molecule has 0 aliphatic carbocycles. The van der Waals surface area contributed by atoms with E-state index in [1.54, 1.807) is 6.08 Å². The number of esters is 1. The third-order valence-corrected chi connectivity index (χ3v) is 1.63. The second-order valence-electron chi connectivity index (χ2n) is 2.99. The lowest BCUT2D eigenvalue weighted by atomic mass is 10.2. The fourth-order valence-corrected chi connectivity index (χ4v) is 0.884. The Morgan fingerprint density at radius 3 is 2.56 bits per heavy atom. The summed E-state index contributed by atoms with van der Waals surface area (Å²) in [6.45, 7) is 3.77. The molecule has 0 atom stereocenters. The van der Waals surface area contributed by atoms with Crippen LogP contribution in [-0.2, 0) is 14.3 Å². The number of unbranched alkanes of at least 4 members (excludes halogenated alkanes) is 2. The second kappa shape index (κ2) is 9.71. The monoisotopic (exact) mass is 224 g/mol. The van der Waals surface area contributed by atoms with E-state index in [9.17, 15) is 9.59 Å². The van der Waals surface area contributed by atoms with Crippen molar-refractivity contribution in [2.45, 2.75) is 19.3 Å². The van der Waals surface area contributed by atoms with Crippen LogP contribution in [0.3, 0.4) is 0 Å². The van der Waals surface area contributed by atoms with E-state index in [-0.39, 0.29) is 6.61 Å². The maximum Gasteiger partial charge on any atom is 0.331 e. The highest BCUT2D eigenvalue weighted by Gasteiger charge is 1.95. The van der Waals surface area contributed by atoms with Gasteiger partial charge in [0.15, 0.2) is 0 Å². The van der Waals surface area contributed by atoms with Gasteiger partial charge in [-0.05, 0) is 19.3 Å². The van der Waals surface area contributed by atoms with Crippen molar-refractivity contribution in [1.82, 2.24) is 0 Å². The summed E-state index contributed by atoms with van der Waals surface area (Å²) < 4.78 is 4.70. The van der Waals surface area contributed by atoms with Gasteiger partial charge >= 0.3 is 11.9 Å². The third-order valence-electron chi connectivity index (χ3n) is 1.63. The van der Waals surface area contributed by atoms with E-state index >= 15 is 0 Å². The molecule has 1 N–H and O–H groups in total. The van der Waals surface area contributed by atoms with Crippen LogP contribution in [0.25, 0.3) is 0 Å². The van der Waals surface area contributed by atoms with Crippen LogP contribution in [0.4, 0.5) is 0 Å². The Bertz CT molecular complexity index is 289. The average molecular weight is 224 g/mol. The van der Waals surface area contributed by atoms with Gasteiger partial charge in [0.05, 0.1) is 0 Å². The second-order valence-corrected chi connectivity index (χ2v) is 2.99. The van der Waals surface area contributed by atoms with E-state index in [4.69, 9.17) is 9.84 Å². The van der Waals surface area contributed by atoms with Gasteiger partial charge in [0.25, 0.3) is 0 Å². The highest BCUT2D eigenvalue weighted by Crippen LogP contribution is 1.96. The lowest BCUT2D eigenvalue weighted by molar-refractivity contribution is -0.137. The maximum atomic E-state index is 10.9. The van der Waals surface area contributed by atoms with Gasteiger partial charge in [0, 0.05) is 12.2 Å². The zero-order valence-corrected chi connectivity index (χ0v) is 9.09. The lowest BCUT2D eigenvalue weighted by Gasteiger charge is -1.95. The standard InChI is InChI=1S/C12H16O4/c1-2-3-4-5-6-7-10-16-12(15)9-8-11(13)14/h2,6-9H,1,3-5,10H2,(H,13,14). The van der Waals surface area contributed by atoms with Gasteiger partial charge in [-0.15, -0.1) is 6.58 Å². The van der Waals surface area contributed by atoms with Crippen LogP contribution in [0, 0.1) is 0 Å². The van der Waals surface area contributed by atoms with Crippen molar-refractivity contribution in [2.75, 3.05) is 6.61 Å². The first-order valence-corrected chi connectivity index (χ1v) is 5.00. The number of allylic oxidation sites excluding steroid dienone is 2. The summed E-state index contributed by atoms with van der Waals surface area (Å²) >= 11 is 0. The topological polar surface area (TPSA) is 63.6 Å². The molecule has 0 aliphatic rings. The summed E-state index contributed by atoms with van der Waals surface area (Å²) in [5, 5.41) is 8.24. The van der Waals surface area contributed by atoms with Crippen LogP contribution in [0.2, 0.25) is 0 Å². The Morgan fingerprint density at radius 2 is 1.94 bits per heavy atom. The Labute approximate surface area is 94.9 Å². The van der Waals surface area contributed by atoms with Gasteiger partial charge in [-0.3, -0.25) is 0 Å². The van der Waals surface area contributed by atoms with E-state index in [1.165, 1.54) is 0 Å². The maximum absolute atomic E-state index is 10.9. The van der Waals surface area contributed by atoms with Gasteiger partial charge in [0.2, 0.25) is 0 Å². The quantitative estimate of drug-likeness (QED) is 0.297. The molecule has 0 unspecified atom stereocenters. The summed E-state index contributed by atoms with van der Waals surface area (Å²) in [5.41, 5.74) is 0. The summed E-state index contributed by atoms with van der Waals surface area (Å²) in [4.78, 5) is 20.9. The van der Waals surface area contributed by atoms with Crippen LogP contribution < -0.4 is 0 Å². The molecule has 0 saturated heterocycles. The molecule has 0 aromatic heterocycles. The molecule has 0 fully saturated rings. The van der Waals surface area contributed by atoms with E-state index < -0.39 is 11.9 Å². The summed E-state index contributed by atoms with van der Waals surface area (Å²) in [7, 11) is 0. The van der Waals surface area contributed by atoms with Crippen LogP contribution in [0.1, 0.15) is 19.3 Å². The van der Waals surface area contributed by atoms with Crippen LogP contribution in [-0.4, -0.2) is 23.7 Å². The third kappa shape index (κ3) is 10.2. The fraction of sp³-hybridized carbons (Fsp3) is 0.333. The van der Waals surface area contributed by atoms with Crippen LogP contribution in [0.5, 0.6) is 0 Å². The molecule has 0 amide bonds. The molecule has 0 aromatic rings. The van der Waals surface area contributed by atoms with Gasteiger partial charge in [-0.2, -0.15) is 0 Å². The Balaban J connectivity index is 3.54. The van der Waals surface area contributed by atoms with E-state index in [2.05, 4.69) is 6.58 Å². The number of carboxylic acids is 1. The molecular formula is C12H16O4. The normalized spacial score (nSPS) is 10.8. The SMILES string of the molecule is C=CCCCC=CCOC(=O)C=CC(=O)O. The molecule has 0 heterocycles. The summed E-state index contributed by atoms with van der Waals surface area (Å²) in [6, 6.07) is 0.